The summed E-state index contributed by atoms with van der Waals surface area (Å²) in [5.74, 6) is 2.27. The third-order valence-corrected chi connectivity index (χ3v) is 2.98. The van der Waals surface area contributed by atoms with Gasteiger partial charge in [-0.25, -0.2) is 0 Å². The molecular weight excluding hydrogens is 188 g/mol. The van der Waals surface area contributed by atoms with Crippen molar-refractivity contribution >= 4 is 10.2 Å². The van der Waals surface area contributed by atoms with Crippen LogP contribution in [0.3, 0.4) is 0 Å². The summed E-state index contributed by atoms with van der Waals surface area (Å²) in [6.07, 6.45) is 5.01. The van der Waals surface area contributed by atoms with Crippen molar-refractivity contribution in [1.82, 2.24) is 9.03 Å². The van der Waals surface area contributed by atoms with Crippen molar-refractivity contribution in [1.29, 1.82) is 0 Å². The minimum atomic E-state index is -3.44. The summed E-state index contributed by atoms with van der Waals surface area (Å²) in [5.41, 5.74) is -0.484. The summed E-state index contributed by atoms with van der Waals surface area (Å²) < 4.78 is 26.5. The fraction of sp³-hybridized carbons (Fsp3) is 0.750. The Bertz CT molecular complexity index is 295. The van der Waals surface area contributed by atoms with Crippen molar-refractivity contribution in [3.05, 3.63) is 0 Å². The molecule has 0 atom stereocenters. The van der Waals surface area contributed by atoms with Crippen molar-refractivity contribution in [2.75, 3.05) is 13.6 Å². The Labute approximate surface area is 80.5 Å². The molecule has 0 aromatic rings. The molecule has 0 amide bonds. The van der Waals surface area contributed by atoms with Crippen LogP contribution < -0.4 is 4.72 Å². The van der Waals surface area contributed by atoms with E-state index in [4.69, 9.17) is 6.42 Å². The average molecular weight is 204 g/mol. The first-order chi connectivity index (χ1) is 5.69. The molecule has 0 aliphatic carbocycles. The van der Waals surface area contributed by atoms with E-state index < -0.39 is 15.7 Å². The predicted octanol–water partition coefficient (Wildman–Crippen LogP) is 0.184. The van der Waals surface area contributed by atoms with Crippen LogP contribution in [0, 0.1) is 12.3 Å². The third-order valence-electron chi connectivity index (χ3n) is 1.16. The summed E-state index contributed by atoms with van der Waals surface area (Å²) >= 11 is 0. The van der Waals surface area contributed by atoms with Gasteiger partial charge < -0.3 is 0 Å². The first kappa shape index (κ1) is 12.4. The summed E-state index contributed by atoms with van der Waals surface area (Å²) in [6.45, 7) is 5.39. The van der Waals surface area contributed by atoms with E-state index in [1.165, 1.54) is 7.05 Å². The molecule has 0 aliphatic heterocycles. The normalized spacial score (nSPS) is 12.9. The molecule has 0 radical (unpaired) electrons. The molecule has 0 spiro atoms. The summed E-state index contributed by atoms with van der Waals surface area (Å²) in [4.78, 5) is 0. The minimum Gasteiger partial charge on any atom is -0.197 e. The second-order valence-corrected chi connectivity index (χ2v) is 5.59. The number of rotatable bonds is 3. The van der Waals surface area contributed by atoms with Crippen LogP contribution >= 0.6 is 0 Å². The Morgan fingerprint density at radius 3 is 2.23 bits per heavy atom. The van der Waals surface area contributed by atoms with Crippen LogP contribution in [0.5, 0.6) is 0 Å². The highest BCUT2D eigenvalue weighted by Crippen LogP contribution is 2.04. The molecule has 0 saturated heterocycles. The van der Waals surface area contributed by atoms with Gasteiger partial charge in [-0.15, -0.1) is 6.42 Å². The van der Waals surface area contributed by atoms with Gasteiger partial charge in [0.1, 0.15) is 0 Å². The van der Waals surface area contributed by atoms with Gasteiger partial charge in [-0.3, -0.25) is 0 Å². The lowest BCUT2D eigenvalue weighted by Crippen LogP contribution is -2.47. The summed E-state index contributed by atoms with van der Waals surface area (Å²) in [5, 5.41) is 0. The second kappa shape index (κ2) is 4.09. The molecule has 1 N–H and O–H groups in total. The molecule has 5 heteroatoms. The fourth-order valence-electron chi connectivity index (χ4n) is 0.678. The number of hydrogen-bond acceptors (Lipinski definition) is 2. The van der Waals surface area contributed by atoms with Gasteiger partial charge in [0.25, 0.3) is 10.2 Å². The smallest absolute Gasteiger partial charge is 0.197 e. The van der Waals surface area contributed by atoms with Crippen LogP contribution in [0.15, 0.2) is 0 Å². The quantitative estimate of drug-likeness (QED) is 0.667. The molecule has 0 aromatic carbocycles. The predicted molar refractivity (Wildman–Crippen MR) is 53.3 cm³/mol. The summed E-state index contributed by atoms with van der Waals surface area (Å²) in [6, 6.07) is 0. The average Bonchev–Trinajstić information content (AvgIpc) is 1.82. The van der Waals surface area contributed by atoms with Crippen LogP contribution in [-0.4, -0.2) is 31.9 Å². The summed E-state index contributed by atoms with van der Waals surface area (Å²) in [7, 11) is -2.00. The van der Waals surface area contributed by atoms with Gasteiger partial charge in [0.2, 0.25) is 0 Å². The number of terminal acetylenes is 1. The molecule has 4 nitrogen and oxygen atoms in total. The lowest BCUT2D eigenvalue weighted by molar-refractivity contribution is 0.441. The van der Waals surface area contributed by atoms with Crippen LogP contribution in [0.25, 0.3) is 0 Å². The monoisotopic (exact) mass is 204 g/mol. The molecule has 13 heavy (non-hydrogen) atoms. The standard InChI is InChI=1S/C8H16N2O2S/c1-6-7-10(5)13(11,12)9-8(2,3)4/h1,9H,7H2,2-5H3. The molecule has 0 heterocycles. The van der Waals surface area contributed by atoms with E-state index in [-0.39, 0.29) is 6.54 Å². The zero-order valence-electron chi connectivity index (χ0n) is 8.46. The molecule has 0 fully saturated rings. The van der Waals surface area contributed by atoms with Crippen molar-refractivity contribution in [3.63, 3.8) is 0 Å². The zero-order valence-corrected chi connectivity index (χ0v) is 9.27. The van der Waals surface area contributed by atoms with Crippen molar-refractivity contribution in [2.24, 2.45) is 0 Å². The van der Waals surface area contributed by atoms with E-state index >= 15 is 0 Å². The number of nitrogens with one attached hydrogen (secondary N) is 1. The molecule has 0 unspecified atom stereocenters. The van der Waals surface area contributed by atoms with Gasteiger partial charge in [0.15, 0.2) is 0 Å². The van der Waals surface area contributed by atoms with Crippen LogP contribution in [-0.2, 0) is 10.2 Å². The van der Waals surface area contributed by atoms with E-state index in [2.05, 4.69) is 10.6 Å². The van der Waals surface area contributed by atoms with Crippen molar-refractivity contribution < 1.29 is 8.42 Å². The Kier molecular flexibility index (Phi) is 3.91. The Hall–Kier alpha value is -0.570. The highest BCUT2D eigenvalue weighted by Gasteiger charge is 2.23. The maximum absolute atomic E-state index is 11.5. The molecular formula is C8H16N2O2S. The lowest BCUT2D eigenvalue weighted by Gasteiger charge is -2.24. The first-order valence-electron chi connectivity index (χ1n) is 3.88. The molecule has 0 saturated carbocycles. The molecule has 0 rings (SSSR count). The van der Waals surface area contributed by atoms with Crippen molar-refractivity contribution in [3.8, 4) is 12.3 Å². The Balaban J connectivity index is 4.53. The van der Waals surface area contributed by atoms with Gasteiger partial charge in [-0.1, -0.05) is 5.92 Å². The lowest BCUT2D eigenvalue weighted by atomic mass is 10.1. The van der Waals surface area contributed by atoms with E-state index in [0.29, 0.717) is 0 Å². The second-order valence-electron chi connectivity index (χ2n) is 3.82. The van der Waals surface area contributed by atoms with E-state index in [1.54, 1.807) is 20.8 Å². The zero-order chi connectivity index (χ0) is 10.7. The van der Waals surface area contributed by atoms with Gasteiger partial charge in [-0.2, -0.15) is 17.4 Å². The topological polar surface area (TPSA) is 49.4 Å². The van der Waals surface area contributed by atoms with Crippen LogP contribution in [0.4, 0.5) is 0 Å². The third kappa shape index (κ3) is 4.88. The number of hydrogen-bond donors (Lipinski definition) is 1. The van der Waals surface area contributed by atoms with Gasteiger partial charge in [0.05, 0.1) is 6.54 Å². The molecule has 0 aromatic heterocycles. The Morgan fingerprint density at radius 1 is 1.46 bits per heavy atom. The van der Waals surface area contributed by atoms with Gasteiger partial charge in [0, 0.05) is 12.6 Å². The van der Waals surface area contributed by atoms with Gasteiger partial charge >= 0.3 is 0 Å². The molecule has 0 bridgehead atoms. The highest BCUT2D eigenvalue weighted by molar-refractivity contribution is 7.87. The van der Waals surface area contributed by atoms with E-state index in [0.717, 1.165) is 4.31 Å². The first-order valence-corrected chi connectivity index (χ1v) is 5.32. The van der Waals surface area contributed by atoms with Crippen molar-refractivity contribution in [2.45, 2.75) is 26.3 Å². The molecule has 76 valence electrons. The largest absolute Gasteiger partial charge is 0.280 e. The van der Waals surface area contributed by atoms with E-state index in [1.807, 2.05) is 0 Å². The molecule has 0 aliphatic rings. The fourth-order valence-corrected chi connectivity index (χ4v) is 1.85. The minimum absolute atomic E-state index is 0.0748. The van der Waals surface area contributed by atoms with Crippen LogP contribution in [0.1, 0.15) is 20.8 Å². The van der Waals surface area contributed by atoms with Gasteiger partial charge in [-0.05, 0) is 20.8 Å². The maximum atomic E-state index is 11.5. The van der Waals surface area contributed by atoms with Crippen LogP contribution in [0.2, 0.25) is 0 Å². The highest BCUT2D eigenvalue weighted by atomic mass is 32.2. The van der Waals surface area contributed by atoms with E-state index in [9.17, 15) is 8.42 Å². The SMILES string of the molecule is C#CCN(C)S(=O)(=O)NC(C)(C)C. The maximum Gasteiger partial charge on any atom is 0.280 e. The number of nitrogens with zero attached hydrogens (tertiary/aromatic N) is 1. The Morgan fingerprint density at radius 2 is 1.92 bits per heavy atom.